The number of rotatable bonds is 13. The van der Waals surface area contributed by atoms with Crippen LogP contribution in [0, 0.1) is 11.8 Å². The number of hydrogen-bond donors (Lipinski definition) is 3. The predicted molar refractivity (Wildman–Crippen MR) is 160 cm³/mol. The average molecular weight is 669 g/mol. The Morgan fingerprint density at radius 3 is 2.48 bits per heavy atom. The molecule has 0 aliphatic carbocycles. The maximum absolute atomic E-state index is 13.7. The van der Waals surface area contributed by atoms with Gasteiger partial charge in [-0.05, 0) is 48.6 Å². The van der Waals surface area contributed by atoms with E-state index in [1.54, 1.807) is 0 Å². The maximum atomic E-state index is 13.7. The molecule has 2 amide bonds. The van der Waals surface area contributed by atoms with E-state index in [4.69, 9.17) is 14.2 Å². The molecule has 2 aromatic carbocycles. The number of fused-ring (bicyclic) bond motifs is 1. The number of alkyl halides is 1. The number of anilines is 1. The van der Waals surface area contributed by atoms with Crippen LogP contribution in [0.4, 0.5) is 10.5 Å². The minimum absolute atomic E-state index is 0.0220. The number of sulfonamides is 1. The number of alkyl carbamates (subject to hydrolysis) is 1. The van der Waals surface area contributed by atoms with Gasteiger partial charge in [0.15, 0.2) is 6.29 Å². The van der Waals surface area contributed by atoms with Crippen LogP contribution in [0.3, 0.4) is 0 Å². The highest BCUT2D eigenvalue weighted by Gasteiger charge is 2.44. The summed E-state index contributed by atoms with van der Waals surface area (Å²) in [6.07, 6.45) is -1.83. The summed E-state index contributed by atoms with van der Waals surface area (Å²) in [4.78, 5) is 24.7. The van der Waals surface area contributed by atoms with Crippen LogP contribution in [0.2, 0.25) is 0 Å². The van der Waals surface area contributed by atoms with Crippen LogP contribution in [0.5, 0.6) is 0 Å². The fourth-order valence-corrected chi connectivity index (χ4v) is 6.85. The number of carbonyl (C=O) groups is 2. The summed E-state index contributed by atoms with van der Waals surface area (Å²) in [5, 5.41) is 17.0. The molecular formula is C29H38BrN3O8S. The number of nitrogens with zero attached hydrogens (tertiary/aromatic N) is 1. The molecule has 2 aliphatic heterocycles. The third kappa shape index (κ3) is 8.51. The van der Waals surface area contributed by atoms with Crippen LogP contribution in [0.25, 0.3) is 0 Å². The highest BCUT2D eigenvalue weighted by molar-refractivity contribution is 9.09. The summed E-state index contributed by atoms with van der Waals surface area (Å²) in [6.45, 7) is 4.43. The minimum atomic E-state index is -4.03. The molecule has 42 heavy (non-hydrogen) atoms. The van der Waals surface area contributed by atoms with Gasteiger partial charge in [0, 0.05) is 18.8 Å². The van der Waals surface area contributed by atoms with Crippen LogP contribution in [-0.2, 0) is 35.4 Å². The molecule has 4 rings (SSSR count). The third-order valence-corrected chi connectivity index (χ3v) is 9.52. The van der Waals surface area contributed by atoms with Crippen molar-refractivity contribution < 1.29 is 37.3 Å². The van der Waals surface area contributed by atoms with E-state index in [2.05, 4.69) is 26.6 Å². The van der Waals surface area contributed by atoms with Gasteiger partial charge in [-0.1, -0.05) is 60.1 Å². The molecular weight excluding hydrogens is 630 g/mol. The number of hydrogen-bond acceptors (Lipinski definition) is 8. The van der Waals surface area contributed by atoms with Crippen LogP contribution < -0.4 is 10.6 Å². The van der Waals surface area contributed by atoms with Crippen LogP contribution in [0.15, 0.2) is 59.5 Å². The number of aliphatic hydroxyl groups is 1. The molecule has 2 aromatic rings. The summed E-state index contributed by atoms with van der Waals surface area (Å²) in [5.74, 6) is -0.347. The molecule has 2 saturated heterocycles. The molecule has 0 bridgehead atoms. The van der Waals surface area contributed by atoms with Gasteiger partial charge in [-0.15, -0.1) is 0 Å². The molecule has 2 heterocycles. The lowest BCUT2D eigenvalue weighted by atomic mass is 10.0. The molecule has 0 aromatic heterocycles. The first-order chi connectivity index (χ1) is 20.1. The second-order valence-corrected chi connectivity index (χ2v) is 13.4. The SMILES string of the molecule is CC(C)CN(C[C@@H](O)[C@H](Cc1ccccc1)NC(=O)O[C@H]1CO[C@H]2OCC[C@H]21)S(=O)(=O)c1ccc(NC(=O)CBr)cc1. The molecule has 3 N–H and O–H groups in total. The Morgan fingerprint density at radius 1 is 1.10 bits per heavy atom. The van der Waals surface area contributed by atoms with E-state index in [1.165, 1.54) is 28.6 Å². The second kappa shape index (κ2) is 14.8. The Hall–Kier alpha value is -2.55. The molecule has 2 aliphatic rings. The monoisotopic (exact) mass is 667 g/mol. The van der Waals surface area contributed by atoms with Gasteiger partial charge < -0.3 is 30.0 Å². The zero-order valence-corrected chi connectivity index (χ0v) is 26.1. The average Bonchev–Trinajstić information content (AvgIpc) is 3.58. The predicted octanol–water partition coefficient (Wildman–Crippen LogP) is 3.13. The van der Waals surface area contributed by atoms with E-state index < -0.39 is 34.4 Å². The van der Waals surface area contributed by atoms with Crippen molar-refractivity contribution in [2.75, 3.05) is 37.0 Å². The van der Waals surface area contributed by atoms with Gasteiger partial charge in [0.1, 0.15) is 6.10 Å². The van der Waals surface area contributed by atoms with Gasteiger partial charge in [0.2, 0.25) is 15.9 Å². The van der Waals surface area contributed by atoms with E-state index in [0.717, 1.165) is 12.0 Å². The van der Waals surface area contributed by atoms with Crippen molar-refractivity contribution in [3.8, 4) is 0 Å². The van der Waals surface area contributed by atoms with Crippen LogP contribution >= 0.6 is 15.9 Å². The van der Waals surface area contributed by atoms with Crippen molar-refractivity contribution in [3.05, 3.63) is 60.2 Å². The molecule has 0 radical (unpaired) electrons. The van der Waals surface area contributed by atoms with Crippen LogP contribution in [0.1, 0.15) is 25.8 Å². The smallest absolute Gasteiger partial charge is 0.407 e. The quantitative estimate of drug-likeness (QED) is 0.277. The molecule has 13 heteroatoms. The van der Waals surface area contributed by atoms with Crippen LogP contribution in [-0.4, -0.2) is 86.0 Å². The van der Waals surface area contributed by atoms with Gasteiger partial charge in [-0.3, -0.25) is 4.79 Å². The molecule has 0 unspecified atom stereocenters. The number of benzene rings is 2. The lowest BCUT2D eigenvalue weighted by Gasteiger charge is -2.31. The molecule has 0 spiro atoms. The van der Waals surface area contributed by atoms with E-state index in [9.17, 15) is 23.1 Å². The molecule has 5 atom stereocenters. The van der Waals surface area contributed by atoms with Gasteiger partial charge in [-0.25, -0.2) is 13.2 Å². The number of ether oxygens (including phenoxy) is 3. The Labute approximate surface area is 255 Å². The summed E-state index contributed by atoms with van der Waals surface area (Å²) in [6, 6.07) is 14.3. The van der Waals surface area contributed by atoms with E-state index >= 15 is 0 Å². The topological polar surface area (TPSA) is 144 Å². The number of nitrogens with one attached hydrogen (secondary N) is 2. The first-order valence-corrected chi connectivity index (χ1v) is 16.5. The van der Waals surface area contributed by atoms with Crippen molar-refractivity contribution >= 4 is 43.6 Å². The highest BCUT2D eigenvalue weighted by atomic mass is 79.9. The summed E-state index contributed by atoms with van der Waals surface area (Å²) < 4.78 is 45.4. The zero-order chi connectivity index (χ0) is 30.3. The summed E-state index contributed by atoms with van der Waals surface area (Å²) >= 11 is 3.08. The summed E-state index contributed by atoms with van der Waals surface area (Å²) in [7, 11) is -4.03. The van der Waals surface area contributed by atoms with Gasteiger partial charge in [0.25, 0.3) is 0 Å². The van der Waals surface area contributed by atoms with Crippen molar-refractivity contribution in [1.29, 1.82) is 0 Å². The normalized spacial score (nSPS) is 21.6. The molecule has 2 fully saturated rings. The summed E-state index contributed by atoms with van der Waals surface area (Å²) in [5.41, 5.74) is 1.32. The second-order valence-electron chi connectivity index (χ2n) is 10.9. The molecule has 11 nitrogen and oxygen atoms in total. The standard InChI is InChI=1S/C29H38BrN3O8S/c1-19(2)16-33(42(37,38)22-10-8-21(9-11-22)31-27(35)15-30)17-25(34)24(14-20-6-4-3-5-7-20)32-29(36)41-26-18-40-28-23(26)12-13-39-28/h3-11,19,23-26,28,34H,12-18H2,1-2H3,(H,31,35)(H,32,36)/t23-,24-,25+,26-,28+/m0/s1. The van der Waals surface area contributed by atoms with Gasteiger partial charge in [0.05, 0.1) is 41.5 Å². The Morgan fingerprint density at radius 2 is 1.81 bits per heavy atom. The molecule has 230 valence electrons. The van der Waals surface area contributed by atoms with Gasteiger partial charge >= 0.3 is 6.09 Å². The fraction of sp³-hybridized carbons (Fsp3) is 0.517. The Balaban J connectivity index is 1.50. The van der Waals surface area contributed by atoms with E-state index in [0.29, 0.717) is 12.3 Å². The number of carbonyl (C=O) groups excluding carboxylic acids is 2. The van der Waals surface area contributed by atoms with Crippen molar-refractivity contribution in [2.24, 2.45) is 11.8 Å². The number of halogens is 1. The number of aliphatic hydroxyl groups excluding tert-OH is 1. The van der Waals surface area contributed by atoms with E-state index in [1.807, 2.05) is 44.2 Å². The Kier molecular flexibility index (Phi) is 11.4. The maximum Gasteiger partial charge on any atom is 0.407 e. The first kappa shape index (κ1) is 32.4. The van der Waals surface area contributed by atoms with E-state index in [-0.39, 0.29) is 60.4 Å². The lowest BCUT2D eigenvalue weighted by molar-refractivity contribution is -0.113. The van der Waals surface area contributed by atoms with Crippen molar-refractivity contribution in [3.63, 3.8) is 0 Å². The van der Waals surface area contributed by atoms with Crippen molar-refractivity contribution in [1.82, 2.24) is 9.62 Å². The lowest BCUT2D eigenvalue weighted by Crippen LogP contribution is -2.51. The fourth-order valence-electron chi connectivity index (χ4n) is 5.09. The van der Waals surface area contributed by atoms with Crippen molar-refractivity contribution in [2.45, 2.75) is 56.1 Å². The largest absolute Gasteiger partial charge is 0.443 e. The Bertz CT molecular complexity index is 1300. The van der Waals surface area contributed by atoms with Gasteiger partial charge in [-0.2, -0.15) is 4.31 Å². The third-order valence-electron chi connectivity index (χ3n) is 7.17. The number of amides is 2. The highest BCUT2D eigenvalue weighted by Crippen LogP contribution is 2.33. The zero-order valence-electron chi connectivity index (χ0n) is 23.6. The molecule has 0 saturated carbocycles. The first-order valence-electron chi connectivity index (χ1n) is 13.9. The minimum Gasteiger partial charge on any atom is -0.443 e.